The van der Waals surface area contributed by atoms with Crippen LogP contribution in [0.25, 0.3) is 0 Å². The number of allylic oxidation sites excluding steroid dienone is 4. The molecule has 0 aromatic heterocycles. The number of hydrogen-bond acceptors (Lipinski definition) is 0. The zero-order valence-corrected chi connectivity index (χ0v) is 8.16. The molecule has 0 heterocycles. The standard InChI is InChI=1S/C5H5.C2H5.ClH.Sc/c1-2-4-5-3-1;1-2;;/h1-3H,4H2;1H2,2H3;1H;/q;;;+1/p-1. The summed E-state index contributed by atoms with van der Waals surface area (Å²) >= 11 is -1.39. The third-order valence-electron chi connectivity index (χ3n) is 1.56. The Morgan fingerprint density at radius 1 is 1.78 bits per heavy atom. The van der Waals surface area contributed by atoms with Crippen molar-refractivity contribution >= 4 is 8.58 Å². The predicted octanol–water partition coefficient (Wildman–Crippen LogP) is 3.04. The van der Waals surface area contributed by atoms with Crippen LogP contribution in [0.15, 0.2) is 21.6 Å². The van der Waals surface area contributed by atoms with Gasteiger partial charge in [0, 0.05) is 0 Å². The zero-order valence-electron chi connectivity index (χ0n) is 5.60. The van der Waals surface area contributed by atoms with Gasteiger partial charge in [-0.3, -0.25) is 0 Å². The van der Waals surface area contributed by atoms with E-state index in [1.165, 1.54) is 4.18 Å². The van der Waals surface area contributed by atoms with Gasteiger partial charge in [-0.1, -0.05) is 0 Å². The topological polar surface area (TPSA) is 0 Å². The summed E-state index contributed by atoms with van der Waals surface area (Å²) in [5.74, 6) is 0. The number of hydrogen-bond donors (Lipinski definition) is 0. The maximum absolute atomic E-state index is 6.15. The molecule has 0 amide bonds. The second kappa shape index (κ2) is 3.72. The minimum absolute atomic E-state index is 1.14. The summed E-state index contributed by atoms with van der Waals surface area (Å²) in [6.45, 7) is 2.19. The van der Waals surface area contributed by atoms with Gasteiger partial charge in [0.25, 0.3) is 0 Å². The fourth-order valence-electron chi connectivity index (χ4n) is 0.958. The van der Waals surface area contributed by atoms with Crippen molar-refractivity contribution in [2.75, 3.05) is 0 Å². The molecule has 0 unspecified atom stereocenters. The first-order chi connectivity index (χ1) is 4.34. The fraction of sp³-hybridized carbons (Fsp3) is 0.429. The number of rotatable bonds is 2. The van der Waals surface area contributed by atoms with E-state index in [2.05, 4.69) is 25.2 Å². The van der Waals surface area contributed by atoms with Gasteiger partial charge in [-0.15, -0.1) is 0 Å². The Balaban J connectivity index is 2.45. The Labute approximate surface area is 67.7 Å². The molecular formula is C7H10ClSc. The molecule has 0 aromatic rings. The molecule has 1 aliphatic rings. The summed E-state index contributed by atoms with van der Waals surface area (Å²) in [5.41, 5.74) is 0. The van der Waals surface area contributed by atoms with Crippen molar-refractivity contribution in [3.8, 4) is 0 Å². The van der Waals surface area contributed by atoms with Gasteiger partial charge < -0.3 is 0 Å². The molecule has 2 heteroatoms. The first kappa shape index (κ1) is 7.74. The summed E-state index contributed by atoms with van der Waals surface area (Å²) in [7, 11) is 6.15. The van der Waals surface area contributed by atoms with E-state index in [0.29, 0.717) is 0 Å². The van der Waals surface area contributed by atoms with E-state index in [4.69, 9.17) is 8.58 Å². The molecule has 0 nitrogen and oxygen atoms in total. The van der Waals surface area contributed by atoms with Crippen LogP contribution >= 0.6 is 8.58 Å². The van der Waals surface area contributed by atoms with Crippen molar-refractivity contribution in [2.24, 2.45) is 0 Å². The normalized spacial score (nSPS) is 16.0. The molecule has 1 aliphatic carbocycles. The monoisotopic (exact) mass is 174 g/mol. The van der Waals surface area contributed by atoms with Crippen LogP contribution in [0, 0.1) is 0 Å². The van der Waals surface area contributed by atoms with Crippen LogP contribution in [0.3, 0.4) is 0 Å². The molecule has 0 saturated carbocycles. The Kier molecular flexibility index (Phi) is 3.20. The van der Waals surface area contributed by atoms with Gasteiger partial charge in [0.05, 0.1) is 0 Å². The van der Waals surface area contributed by atoms with Crippen LogP contribution in [-0.2, 0) is 20.3 Å². The molecule has 1 rings (SSSR count). The molecule has 0 aromatic carbocycles. The van der Waals surface area contributed by atoms with Gasteiger partial charge in [0.1, 0.15) is 0 Å². The van der Waals surface area contributed by atoms with E-state index < -0.39 is 20.3 Å². The molecule has 0 N–H and O–H groups in total. The molecule has 48 valence electrons. The second-order valence-electron chi connectivity index (χ2n) is 2.25. The maximum atomic E-state index is 6.15. The van der Waals surface area contributed by atoms with Crippen molar-refractivity contribution in [3.05, 3.63) is 21.6 Å². The summed E-state index contributed by atoms with van der Waals surface area (Å²) in [4.78, 5) is 0. The summed E-state index contributed by atoms with van der Waals surface area (Å²) in [6, 6.07) is 0. The SMILES string of the molecule is C[CH2][Sc]([Cl])[C]1=CC=CC1. The van der Waals surface area contributed by atoms with Gasteiger partial charge in [-0.05, 0) is 0 Å². The van der Waals surface area contributed by atoms with Crippen molar-refractivity contribution in [3.63, 3.8) is 0 Å². The van der Waals surface area contributed by atoms with Crippen LogP contribution in [0.5, 0.6) is 0 Å². The Morgan fingerprint density at radius 2 is 2.56 bits per heavy atom. The molecule has 9 heavy (non-hydrogen) atoms. The first-order valence-corrected chi connectivity index (χ1v) is 8.00. The molecule has 0 aliphatic heterocycles. The van der Waals surface area contributed by atoms with E-state index in [0.717, 1.165) is 6.42 Å². The van der Waals surface area contributed by atoms with Gasteiger partial charge in [0.2, 0.25) is 0 Å². The van der Waals surface area contributed by atoms with E-state index in [1.807, 2.05) is 0 Å². The van der Waals surface area contributed by atoms with Crippen LogP contribution in [0.1, 0.15) is 13.3 Å². The third-order valence-corrected chi connectivity index (χ3v) is 7.03. The molecule has 0 radical (unpaired) electrons. The van der Waals surface area contributed by atoms with Crippen molar-refractivity contribution in [1.29, 1.82) is 0 Å². The summed E-state index contributed by atoms with van der Waals surface area (Å²) < 4.78 is 2.77. The van der Waals surface area contributed by atoms with Gasteiger partial charge in [0.15, 0.2) is 0 Å². The summed E-state index contributed by atoms with van der Waals surface area (Å²) in [5, 5.41) is 0. The first-order valence-electron chi connectivity index (χ1n) is 3.34. The average molecular weight is 175 g/mol. The van der Waals surface area contributed by atoms with E-state index >= 15 is 0 Å². The van der Waals surface area contributed by atoms with Crippen molar-refractivity contribution < 1.29 is 20.3 Å². The average Bonchev–Trinajstić information content (AvgIpc) is 2.37. The molecule has 0 bridgehead atoms. The minimum atomic E-state index is -1.39. The van der Waals surface area contributed by atoms with Gasteiger partial charge in [-0.25, -0.2) is 0 Å². The van der Waals surface area contributed by atoms with Crippen molar-refractivity contribution in [1.82, 2.24) is 0 Å². The summed E-state index contributed by atoms with van der Waals surface area (Å²) in [6.07, 6.45) is 7.64. The Hall–Kier alpha value is 0.640. The molecule has 0 fully saturated rings. The van der Waals surface area contributed by atoms with Gasteiger partial charge >= 0.3 is 67.9 Å². The van der Waals surface area contributed by atoms with Crippen LogP contribution in [0.2, 0.25) is 4.18 Å². The zero-order chi connectivity index (χ0) is 6.69. The molecular weight excluding hydrogens is 164 g/mol. The Bertz CT molecular complexity index is 149. The van der Waals surface area contributed by atoms with Crippen molar-refractivity contribution in [2.45, 2.75) is 17.5 Å². The fourth-order valence-corrected chi connectivity index (χ4v) is 3.56. The van der Waals surface area contributed by atoms with E-state index in [-0.39, 0.29) is 0 Å². The van der Waals surface area contributed by atoms with Crippen LogP contribution in [-0.4, -0.2) is 0 Å². The predicted molar refractivity (Wildman–Crippen MR) is 38.2 cm³/mol. The second-order valence-corrected chi connectivity index (χ2v) is 8.31. The van der Waals surface area contributed by atoms with Crippen LogP contribution in [0.4, 0.5) is 0 Å². The quantitative estimate of drug-likeness (QED) is 0.604. The van der Waals surface area contributed by atoms with E-state index in [1.54, 1.807) is 3.33 Å². The number of halogens is 1. The Morgan fingerprint density at radius 3 is 3.00 bits per heavy atom. The van der Waals surface area contributed by atoms with E-state index in [9.17, 15) is 0 Å². The third kappa shape index (κ3) is 2.05. The molecule has 0 spiro atoms. The van der Waals surface area contributed by atoms with Gasteiger partial charge in [-0.2, -0.15) is 0 Å². The molecule has 0 saturated heterocycles. The van der Waals surface area contributed by atoms with Crippen LogP contribution < -0.4 is 0 Å². The molecule has 0 atom stereocenters.